The molecule has 1 amide bonds. The first-order chi connectivity index (χ1) is 12.0. The van der Waals surface area contributed by atoms with Crippen LogP contribution >= 0.6 is 0 Å². The molecule has 0 aliphatic heterocycles. The number of likely N-dealkylation sites (N-methyl/N-ethyl adjacent to an activating group) is 2. The van der Waals surface area contributed by atoms with Crippen molar-refractivity contribution < 1.29 is 4.79 Å². The Hall–Kier alpha value is -1.69. The maximum absolute atomic E-state index is 12.6. The van der Waals surface area contributed by atoms with Gasteiger partial charge in [-0.25, -0.2) is 4.98 Å². The second-order valence-corrected chi connectivity index (χ2v) is 8.50. The van der Waals surface area contributed by atoms with Crippen molar-refractivity contribution in [3.05, 3.63) is 27.9 Å². The number of carbonyl (C=O) groups is 1. The Bertz CT molecular complexity index is 691. The monoisotopic (exact) mass is 344 g/mol. The van der Waals surface area contributed by atoms with E-state index in [0.717, 1.165) is 42.8 Å². The van der Waals surface area contributed by atoms with Crippen molar-refractivity contribution in [3.63, 3.8) is 0 Å². The molecule has 1 aromatic heterocycles. The lowest BCUT2D eigenvalue weighted by Crippen LogP contribution is -2.50. The Morgan fingerprint density at radius 3 is 2.40 bits per heavy atom. The number of hydrogen-bond acceptors (Lipinski definition) is 4. The summed E-state index contributed by atoms with van der Waals surface area (Å²) in [5.74, 6) is 2.95. The zero-order chi connectivity index (χ0) is 17.6. The first kappa shape index (κ1) is 16.8. The normalized spacial score (nSPS) is 32.8. The molecule has 2 N–H and O–H groups in total. The molecule has 0 atom stereocenters. The molecule has 0 spiro atoms. The highest BCUT2D eigenvalue weighted by Crippen LogP contribution is 2.59. The minimum absolute atomic E-state index is 0.0491. The molecule has 0 unspecified atom stereocenters. The second kappa shape index (κ2) is 6.24. The van der Waals surface area contributed by atoms with E-state index in [2.05, 4.69) is 15.3 Å². The predicted octanol–water partition coefficient (Wildman–Crippen LogP) is 1.53. The van der Waals surface area contributed by atoms with Gasteiger partial charge >= 0.3 is 0 Å². The van der Waals surface area contributed by atoms with Crippen LogP contribution in [-0.4, -0.2) is 48.0 Å². The molecule has 4 aliphatic carbocycles. The van der Waals surface area contributed by atoms with E-state index in [0.29, 0.717) is 13.1 Å². The standard InChI is InChI=1S/C19H28N4O2/c1-20-3-4-23(2)17(25)15-11-21-18(22-16(15)24)19-8-12-5-13(9-19)7-14(6-12)10-19/h11-14,20H,3-10H2,1-2H3,(H,21,22,24). The predicted molar refractivity (Wildman–Crippen MR) is 95.6 cm³/mol. The third kappa shape index (κ3) is 2.90. The lowest BCUT2D eigenvalue weighted by Gasteiger charge is -2.56. The maximum atomic E-state index is 12.6. The molecule has 4 aliphatic rings. The van der Waals surface area contributed by atoms with Gasteiger partial charge in [-0.15, -0.1) is 0 Å². The van der Waals surface area contributed by atoms with Gasteiger partial charge in [-0.2, -0.15) is 0 Å². The Morgan fingerprint density at radius 1 is 1.28 bits per heavy atom. The van der Waals surface area contributed by atoms with Crippen molar-refractivity contribution in [2.24, 2.45) is 17.8 Å². The molecule has 6 nitrogen and oxygen atoms in total. The van der Waals surface area contributed by atoms with E-state index in [1.54, 1.807) is 11.9 Å². The highest BCUT2D eigenvalue weighted by atomic mass is 16.2. The van der Waals surface area contributed by atoms with Crippen molar-refractivity contribution in [1.29, 1.82) is 0 Å². The second-order valence-electron chi connectivity index (χ2n) is 8.50. The Labute approximate surface area is 148 Å². The number of carbonyl (C=O) groups excluding carboxylic acids is 1. The third-order valence-electron chi connectivity index (χ3n) is 6.61. The van der Waals surface area contributed by atoms with Crippen molar-refractivity contribution in [2.45, 2.75) is 43.9 Å². The van der Waals surface area contributed by atoms with E-state index in [9.17, 15) is 9.59 Å². The quantitative estimate of drug-likeness (QED) is 0.849. The lowest BCUT2D eigenvalue weighted by atomic mass is 9.49. The summed E-state index contributed by atoms with van der Waals surface area (Å²) in [5, 5.41) is 3.01. The van der Waals surface area contributed by atoms with E-state index >= 15 is 0 Å². The number of nitrogens with one attached hydrogen (secondary N) is 2. The summed E-state index contributed by atoms with van der Waals surface area (Å²) in [4.78, 5) is 34.2. The van der Waals surface area contributed by atoms with Gasteiger partial charge in [0, 0.05) is 31.7 Å². The minimum Gasteiger partial charge on any atom is -0.340 e. The van der Waals surface area contributed by atoms with Crippen molar-refractivity contribution in [1.82, 2.24) is 20.2 Å². The molecule has 1 heterocycles. The third-order valence-corrected chi connectivity index (χ3v) is 6.61. The average Bonchev–Trinajstić information content (AvgIpc) is 2.57. The molecule has 1 aromatic rings. The first-order valence-electron chi connectivity index (χ1n) is 9.50. The van der Waals surface area contributed by atoms with Gasteiger partial charge in [-0.3, -0.25) is 9.59 Å². The van der Waals surface area contributed by atoms with Gasteiger partial charge in [0.2, 0.25) is 0 Å². The summed E-state index contributed by atoms with van der Waals surface area (Å²) < 4.78 is 0. The zero-order valence-corrected chi connectivity index (χ0v) is 15.2. The van der Waals surface area contributed by atoms with Gasteiger partial charge in [-0.05, 0) is 63.3 Å². The van der Waals surface area contributed by atoms with Gasteiger partial charge in [-0.1, -0.05) is 0 Å². The fourth-order valence-electron chi connectivity index (χ4n) is 5.80. The van der Waals surface area contributed by atoms with Crippen molar-refractivity contribution in [3.8, 4) is 0 Å². The van der Waals surface area contributed by atoms with E-state index in [1.807, 2.05) is 7.05 Å². The Balaban J connectivity index is 1.58. The average molecular weight is 344 g/mol. The van der Waals surface area contributed by atoms with Crippen molar-refractivity contribution >= 4 is 5.91 Å². The number of nitrogens with zero attached hydrogens (tertiary/aromatic N) is 2. The van der Waals surface area contributed by atoms with Crippen LogP contribution in [0.3, 0.4) is 0 Å². The molecule has 4 saturated carbocycles. The lowest BCUT2D eigenvalue weighted by molar-refractivity contribution is -0.00954. The minimum atomic E-state index is -0.290. The molecule has 136 valence electrons. The van der Waals surface area contributed by atoms with Crippen LogP contribution in [0.15, 0.2) is 11.0 Å². The number of hydrogen-bond donors (Lipinski definition) is 2. The van der Waals surface area contributed by atoms with Gasteiger partial charge in [0.15, 0.2) is 0 Å². The first-order valence-corrected chi connectivity index (χ1v) is 9.50. The highest BCUT2D eigenvalue weighted by Gasteiger charge is 2.52. The van der Waals surface area contributed by atoms with Gasteiger partial charge < -0.3 is 15.2 Å². The molecule has 0 aromatic carbocycles. The molecule has 25 heavy (non-hydrogen) atoms. The summed E-state index contributed by atoms with van der Waals surface area (Å²) in [7, 11) is 3.55. The van der Waals surface area contributed by atoms with E-state index in [1.165, 1.54) is 25.5 Å². The van der Waals surface area contributed by atoms with Crippen LogP contribution < -0.4 is 10.9 Å². The maximum Gasteiger partial charge on any atom is 0.263 e. The number of rotatable bonds is 5. The summed E-state index contributed by atoms with van der Waals surface area (Å²) in [6, 6.07) is 0. The van der Waals surface area contributed by atoms with Crippen LogP contribution in [-0.2, 0) is 5.41 Å². The smallest absolute Gasteiger partial charge is 0.263 e. The Morgan fingerprint density at radius 2 is 1.88 bits per heavy atom. The van der Waals surface area contributed by atoms with Crippen LogP contribution in [0, 0.1) is 17.8 Å². The molecular formula is C19H28N4O2. The van der Waals surface area contributed by atoms with Crippen LogP contribution in [0.25, 0.3) is 0 Å². The van der Waals surface area contributed by atoms with E-state index in [4.69, 9.17) is 0 Å². The van der Waals surface area contributed by atoms with Crippen molar-refractivity contribution in [2.75, 3.05) is 27.2 Å². The summed E-state index contributed by atoms with van der Waals surface area (Å²) in [6.07, 6.45) is 9.03. The van der Waals surface area contributed by atoms with E-state index in [-0.39, 0.29) is 22.4 Å². The molecular weight excluding hydrogens is 316 g/mol. The summed E-state index contributed by atoms with van der Waals surface area (Å²) >= 11 is 0. The molecule has 0 saturated heterocycles. The van der Waals surface area contributed by atoms with Crippen LogP contribution in [0.5, 0.6) is 0 Å². The largest absolute Gasteiger partial charge is 0.340 e. The zero-order valence-electron chi connectivity index (χ0n) is 15.2. The molecule has 0 radical (unpaired) electrons. The molecule has 4 bridgehead atoms. The molecule has 5 rings (SSSR count). The SMILES string of the molecule is CNCCN(C)C(=O)c1cnc(C23CC4CC(CC(C4)C2)C3)[nH]c1=O. The summed E-state index contributed by atoms with van der Waals surface area (Å²) in [5.41, 5.74) is -0.0952. The number of amides is 1. The highest BCUT2D eigenvalue weighted by molar-refractivity contribution is 5.93. The van der Waals surface area contributed by atoms with Gasteiger partial charge in [0.25, 0.3) is 11.5 Å². The Kier molecular flexibility index (Phi) is 4.18. The topological polar surface area (TPSA) is 78.1 Å². The fraction of sp³-hybridized carbons (Fsp3) is 0.737. The van der Waals surface area contributed by atoms with E-state index < -0.39 is 0 Å². The van der Waals surface area contributed by atoms with Gasteiger partial charge in [0.05, 0.1) is 0 Å². The van der Waals surface area contributed by atoms with Gasteiger partial charge in [0.1, 0.15) is 11.4 Å². The molecule has 6 heteroatoms. The molecule has 4 fully saturated rings. The van der Waals surface area contributed by atoms with Crippen LogP contribution in [0.1, 0.15) is 54.7 Å². The summed E-state index contributed by atoms with van der Waals surface area (Å²) in [6.45, 7) is 1.25. The van der Waals surface area contributed by atoms with Crippen LogP contribution in [0.2, 0.25) is 0 Å². The number of H-pyrrole nitrogens is 1. The number of aromatic nitrogens is 2. The fourth-order valence-corrected chi connectivity index (χ4v) is 5.80. The number of aromatic amines is 1. The van der Waals surface area contributed by atoms with Crippen LogP contribution in [0.4, 0.5) is 0 Å².